The summed E-state index contributed by atoms with van der Waals surface area (Å²) in [5, 5.41) is 8.72. The lowest BCUT2D eigenvalue weighted by atomic mass is 10.1. The molecule has 13 heavy (non-hydrogen) atoms. The number of rotatable bonds is 2. The van der Waals surface area contributed by atoms with Crippen LogP contribution in [0.15, 0.2) is 6.20 Å². The van der Waals surface area contributed by atoms with Crippen molar-refractivity contribution < 1.29 is 9.90 Å². The van der Waals surface area contributed by atoms with Gasteiger partial charge >= 0.3 is 5.97 Å². The van der Waals surface area contributed by atoms with Crippen LogP contribution in [0.25, 0.3) is 0 Å². The highest BCUT2D eigenvalue weighted by Gasteiger charge is 2.16. The molecule has 1 atom stereocenters. The van der Waals surface area contributed by atoms with E-state index in [2.05, 4.69) is 9.97 Å². The van der Waals surface area contributed by atoms with Gasteiger partial charge in [-0.05, 0) is 26.3 Å². The number of aryl methyl sites for hydroxylation is 2. The van der Waals surface area contributed by atoms with Gasteiger partial charge in [0.1, 0.15) is 11.7 Å². The Kier molecular flexibility index (Phi) is 2.60. The lowest BCUT2D eigenvalue weighted by molar-refractivity contribution is -0.138. The molecule has 4 heteroatoms. The van der Waals surface area contributed by atoms with Crippen LogP contribution in [0, 0.1) is 13.8 Å². The molecule has 0 fully saturated rings. The molecule has 1 N–H and O–H groups in total. The Morgan fingerprint density at radius 3 is 2.62 bits per heavy atom. The van der Waals surface area contributed by atoms with Gasteiger partial charge in [0.25, 0.3) is 0 Å². The average molecular weight is 180 g/mol. The first-order valence-corrected chi connectivity index (χ1v) is 4.05. The maximum Gasteiger partial charge on any atom is 0.313 e. The molecule has 70 valence electrons. The van der Waals surface area contributed by atoms with E-state index < -0.39 is 11.9 Å². The summed E-state index contributed by atoms with van der Waals surface area (Å²) in [6.07, 6.45) is 1.65. The van der Waals surface area contributed by atoms with Crippen LogP contribution in [0.5, 0.6) is 0 Å². The number of carboxylic acid groups (broad SMARTS) is 1. The minimum absolute atomic E-state index is 0.371. The zero-order valence-electron chi connectivity index (χ0n) is 7.90. The normalized spacial score (nSPS) is 12.5. The van der Waals surface area contributed by atoms with Crippen molar-refractivity contribution in [3.05, 3.63) is 23.3 Å². The van der Waals surface area contributed by atoms with E-state index in [9.17, 15) is 4.79 Å². The Balaban J connectivity index is 3.03. The first kappa shape index (κ1) is 9.64. The molecule has 0 aliphatic heterocycles. The van der Waals surface area contributed by atoms with Gasteiger partial charge in [0.05, 0.1) is 0 Å². The number of aromatic nitrogens is 2. The molecule has 0 aliphatic carbocycles. The molecular formula is C9H12N2O2. The second-order valence-electron chi connectivity index (χ2n) is 3.06. The molecule has 0 bridgehead atoms. The Morgan fingerprint density at radius 1 is 1.54 bits per heavy atom. The van der Waals surface area contributed by atoms with Crippen molar-refractivity contribution in [1.82, 2.24) is 9.97 Å². The highest BCUT2D eigenvalue weighted by Crippen LogP contribution is 2.11. The third-order valence-corrected chi connectivity index (χ3v) is 2.00. The number of carboxylic acids is 1. The fourth-order valence-corrected chi connectivity index (χ4v) is 0.864. The quantitative estimate of drug-likeness (QED) is 0.744. The van der Waals surface area contributed by atoms with Gasteiger partial charge in [-0.25, -0.2) is 9.97 Å². The second kappa shape index (κ2) is 3.51. The largest absolute Gasteiger partial charge is 0.481 e. The fraction of sp³-hybridized carbons (Fsp3) is 0.444. The molecule has 0 saturated heterocycles. The number of hydrogen-bond donors (Lipinski definition) is 1. The van der Waals surface area contributed by atoms with Crippen molar-refractivity contribution in [3.8, 4) is 0 Å². The SMILES string of the molecule is Cc1cnc(C(C)C(=O)O)nc1C. The van der Waals surface area contributed by atoms with Crippen LogP contribution in [-0.2, 0) is 4.79 Å². The summed E-state index contributed by atoms with van der Waals surface area (Å²) < 4.78 is 0. The van der Waals surface area contributed by atoms with Crippen LogP contribution in [0.3, 0.4) is 0 Å². The van der Waals surface area contributed by atoms with Crippen LogP contribution in [0.2, 0.25) is 0 Å². The number of hydrogen-bond acceptors (Lipinski definition) is 3. The molecule has 0 aromatic carbocycles. The highest BCUT2D eigenvalue weighted by atomic mass is 16.4. The van der Waals surface area contributed by atoms with Crippen LogP contribution >= 0.6 is 0 Å². The van der Waals surface area contributed by atoms with Gasteiger partial charge < -0.3 is 5.11 Å². The molecule has 1 heterocycles. The van der Waals surface area contributed by atoms with E-state index in [0.29, 0.717) is 5.82 Å². The molecular weight excluding hydrogens is 168 g/mol. The maximum absolute atomic E-state index is 10.6. The molecule has 0 spiro atoms. The summed E-state index contributed by atoms with van der Waals surface area (Å²) in [4.78, 5) is 18.7. The van der Waals surface area contributed by atoms with Gasteiger partial charge in [-0.1, -0.05) is 0 Å². The summed E-state index contributed by atoms with van der Waals surface area (Å²) in [5.41, 5.74) is 1.81. The molecule has 0 saturated carbocycles. The fourth-order valence-electron chi connectivity index (χ4n) is 0.864. The van der Waals surface area contributed by atoms with E-state index in [1.807, 2.05) is 13.8 Å². The van der Waals surface area contributed by atoms with Crippen molar-refractivity contribution in [1.29, 1.82) is 0 Å². The molecule has 0 radical (unpaired) electrons. The zero-order chi connectivity index (χ0) is 10.0. The van der Waals surface area contributed by atoms with Gasteiger partial charge in [0.2, 0.25) is 0 Å². The van der Waals surface area contributed by atoms with Crippen LogP contribution < -0.4 is 0 Å². The molecule has 1 unspecified atom stereocenters. The van der Waals surface area contributed by atoms with Gasteiger partial charge in [-0.3, -0.25) is 4.79 Å². The van der Waals surface area contributed by atoms with Gasteiger partial charge in [-0.15, -0.1) is 0 Å². The Hall–Kier alpha value is -1.45. The summed E-state index contributed by atoms with van der Waals surface area (Å²) in [7, 11) is 0. The zero-order valence-corrected chi connectivity index (χ0v) is 7.90. The Bertz CT molecular complexity index is 336. The lowest BCUT2D eigenvalue weighted by Crippen LogP contribution is -2.12. The predicted molar refractivity (Wildman–Crippen MR) is 47.6 cm³/mol. The Labute approximate surface area is 76.7 Å². The van der Waals surface area contributed by atoms with Gasteiger partial charge in [0.15, 0.2) is 0 Å². The lowest BCUT2D eigenvalue weighted by Gasteiger charge is -2.06. The van der Waals surface area contributed by atoms with Gasteiger partial charge in [-0.2, -0.15) is 0 Å². The summed E-state index contributed by atoms with van der Waals surface area (Å²) in [6.45, 7) is 5.31. The third-order valence-electron chi connectivity index (χ3n) is 2.00. The minimum Gasteiger partial charge on any atom is -0.481 e. The summed E-state index contributed by atoms with van der Waals surface area (Å²) in [6, 6.07) is 0. The topological polar surface area (TPSA) is 63.1 Å². The van der Waals surface area contributed by atoms with E-state index in [0.717, 1.165) is 11.3 Å². The second-order valence-corrected chi connectivity index (χ2v) is 3.06. The van der Waals surface area contributed by atoms with Crippen LogP contribution in [0.1, 0.15) is 29.9 Å². The monoisotopic (exact) mass is 180 g/mol. The van der Waals surface area contributed by atoms with Crippen molar-refractivity contribution >= 4 is 5.97 Å². The smallest absolute Gasteiger partial charge is 0.313 e. The molecule has 4 nitrogen and oxygen atoms in total. The maximum atomic E-state index is 10.6. The number of nitrogens with zero attached hydrogens (tertiary/aromatic N) is 2. The van der Waals surface area contributed by atoms with E-state index in [1.54, 1.807) is 13.1 Å². The molecule has 1 aromatic heterocycles. The van der Waals surface area contributed by atoms with E-state index in [1.165, 1.54) is 0 Å². The first-order valence-electron chi connectivity index (χ1n) is 4.05. The first-order chi connectivity index (χ1) is 6.02. The Morgan fingerprint density at radius 2 is 2.15 bits per heavy atom. The average Bonchev–Trinajstić information content (AvgIpc) is 2.08. The minimum atomic E-state index is -0.900. The highest BCUT2D eigenvalue weighted by molar-refractivity contribution is 5.74. The standard InChI is InChI=1S/C9H12N2O2/c1-5-4-10-8(11-7(5)3)6(2)9(12)13/h4,6H,1-3H3,(H,12,13). The van der Waals surface area contributed by atoms with E-state index in [-0.39, 0.29) is 0 Å². The van der Waals surface area contributed by atoms with E-state index in [4.69, 9.17) is 5.11 Å². The third kappa shape index (κ3) is 2.02. The van der Waals surface area contributed by atoms with Crippen LogP contribution in [0.4, 0.5) is 0 Å². The number of carbonyl (C=O) groups is 1. The molecule has 1 aromatic rings. The van der Waals surface area contributed by atoms with Crippen molar-refractivity contribution in [2.75, 3.05) is 0 Å². The number of aliphatic carboxylic acids is 1. The van der Waals surface area contributed by atoms with Gasteiger partial charge in [0, 0.05) is 11.9 Å². The summed E-state index contributed by atoms with van der Waals surface area (Å²) in [5.74, 6) is -1.17. The van der Waals surface area contributed by atoms with E-state index >= 15 is 0 Å². The van der Waals surface area contributed by atoms with Crippen molar-refractivity contribution in [3.63, 3.8) is 0 Å². The van der Waals surface area contributed by atoms with Crippen LogP contribution in [-0.4, -0.2) is 21.0 Å². The predicted octanol–water partition coefficient (Wildman–Crippen LogP) is 1.28. The molecule has 0 amide bonds. The van der Waals surface area contributed by atoms with Crippen molar-refractivity contribution in [2.45, 2.75) is 26.7 Å². The molecule has 0 aliphatic rings. The van der Waals surface area contributed by atoms with Crippen molar-refractivity contribution in [2.24, 2.45) is 0 Å². The molecule has 1 rings (SSSR count). The summed E-state index contributed by atoms with van der Waals surface area (Å²) >= 11 is 0.